The van der Waals surface area contributed by atoms with Crippen molar-refractivity contribution < 1.29 is 14.7 Å². The van der Waals surface area contributed by atoms with E-state index in [1.807, 2.05) is 0 Å². The highest BCUT2D eigenvalue weighted by Gasteiger charge is 2.51. The number of carbonyl (C=O) groups excluding carboxylic acids is 1. The first kappa shape index (κ1) is 12.7. The van der Waals surface area contributed by atoms with Gasteiger partial charge >= 0.3 is 5.97 Å². The Hall–Kier alpha value is -1.06. The maximum Gasteiger partial charge on any atom is 0.326 e. The highest BCUT2D eigenvalue weighted by atomic mass is 16.4. The van der Waals surface area contributed by atoms with Crippen LogP contribution < -0.4 is 5.32 Å². The smallest absolute Gasteiger partial charge is 0.326 e. The van der Waals surface area contributed by atoms with Gasteiger partial charge in [0.15, 0.2) is 0 Å². The predicted octanol–water partition coefficient (Wildman–Crippen LogP) is 2.04. The summed E-state index contributed by atoms with van der Waals surface area (Å²) in [7, 11) is 0. The number of carbonyl (C=O) groups is 2. The van der Waals surface area contributed by atoms with Crippen LogP contribution in [0, 0.1) is 35.5 Å². The van der Waals surface area contributed by atoms with E-state index in [1.54, 1.807) is 0 Å². The third-order valence-corrected chi connectivity index (χ3v) is 6.19. The molecule has 4 bridgehead atoms. The van der Waals surface area contributed by atoms with Crippen molar-refractivity contribution in [2.75, 3.05) is 0 Å². The second-order valence-electron chi connectivity index (χ2n) is 7.62. The van der Waals surface area contributed by atoms with E-state index in [4.69, 9.17) is 0 Å². The lowest BCUT2D eigenvalue weighted by Gasteiger charge is -2.53. The summed E-state index contributed by atoms with van der Waals surface area (Å²) < 4.78 is 0. The van der Waals surface area contributed by atoms with Crippen molar-refractivity contribution in [3.8, 4) is 0 Å². The molecular formula is C16H23NO3. The Kier molecular flexibility index (Phi) is 2.83. The first-order chi connectivity index (χ1) is 9.61. The molecule has 0 aliphatic heterocycles. The third-order valence-electron chi connectivity index (χ3n) is 6.19. The molecule has 0 aromatic heterocycles. The lowest BCUT2D eigenvalue weighted by Crippen LogP contribution is -2.54. The van der Waals surface area contributed by atoms with Crippen LogP contribution in [0.2, 0.25) is 0 Å². The van der Waals surface area contributed by atoms with Crippen LogP contribution in [0.1, 0.15) is 44.9 Å². The molecule has 4 heteroatoms. The summed E-state index contributed by atoms with van der Waals surface area (Å²) in [5, 5.41) is 12.1. The second-order valence-corrected chi connectivity index (χ2v) is 7.62. The maximum atomic E-state index is 12.6. The molecule has 0 saturated heterocycles. The van der Waals surface area contributed by atoms with E-state index in [-0.39, 0.29) is 17.7 Å². The minimum absolute atomic E-state index is 0.0399. The molecule has 5 saturated carbocycles. The topological polar surface area (TPSA) is 66.4 Å². The van der Waals surface area contributed by atoms with Gasteiger partial charge in [-0.15, -0.1) is 0 Å². The van der Waals surface area contributed by atoms with E-state index in [2.05, 4.69) is 5.32 Å². The fourth-order valence-electron chi connectivity index (χ4n) is 5.41. The van der Waals surface area contributed by atoms with Gasteiger partial charge in [-0.1, -0.05) is 0 Å². The summed E-state index contributed by atoms with van der Waals surface area (Å²) in [6, 6.07) is -0.639. The number of carboxylic acid groups (broad SMARTS) is 1. The largest absolute Gasteiger partial charge is 0.480 e. The molecule has 20 heavy (non-hydrogen) atoms. The summed E-state index contributed by atoms with van der Waals surface area (Å²) >= 11 is 0. The standard InChI is InChI=1S/C16H23NO3/c18-15(17-14(16(19)20)10-1-2-10)13-11-4-8-3-9(6-11)7-12(13)5-8/h8-14H,1-7H2,(H,17,18)(H,19,20). The molecule has 5 fully saturated rings. The summed E-state index contributed by atoms with van der Waals surface area (Å²) in [6.07, 6.45) is 8.07. The minimum atomic E-state index is -0.857. The monoisotopic (exact) mass is 277 g/mol. The van der Waals surface area contributed by atoms with Crippen LogP contribution in [0.15, 0.2) is 0 Å². The molecule has 110 valence electrons. The van der Waals surface area contributed by atoms with Gasteiger partial charge in [-0.05, 0) is 74.5 Å². The van der Waals surface area contributed by atoms with Crippen molar-refractivity contribution >= 4 is 11.9 Å². The predicted molar refractivity (Wildman–Crippen MR) is 72.8 cm³/mol. The summed E-state index contributed by atoms with van der Waals surface area (Å²) in [6.45, 7) is 0. The molecule has 0 radical (unpaired) electrons. The van der Waals surface area contributed by atoms with Gasteiger partial charge in [-0.2, -0.15) is 0 Å². The Bertz CT molecular complexity index is 415. The van der Waals surface area contributed by atoms with Crippen LogP contribution >= 0.6 is 0 Å². The summed E-state index contributed by atoms with van der Waals surface area (Å²) in [5.41, 5.74) is 0. The van der Waals surface area contributed by atoms with Crippen molar-refractivity contribution in [1.82, 2.24) is 5.32 Å². The zero-order valence-electron chi connectivity index (χ0n) is 11.8. The normalized spacial score (nSPS) is 43.3. The summed E-state index contributed by atoms with van der Waals surface area (Å²) in [5.74, 6) is 2.21. The molecule has 0 aromatic carbocycles. The molecule has 0 heterocycles. The van der Waals surface area contributed by atoms with E-state index in [0.717, 1.165) is 24.7 Å². The first-order valence-corrected chi connectivity index (χ1v) is 8.15. The van der Waals surface area contributed by atoms with E-state index < -0.39 is 12.0 Å². The maximum absolute atomic E-state index is 12.6. The first-order valence-electron chi connectivity index (χ1n) is 8.15. The van der Waals surface area contributed by atoms with Gasteiger partial charge < -0.3 is 10.4 Å². The van der Waals surface area contributed by atoms with Crippen LogP contribution in [0.5, 0.6) is 0 Å². The fraction of sp³-hybridized carbons (Fsp3) is 0.875. The van der Waals surface area contributed by atoms with Gasteiger partial charge in [0.1, 0.15) is 6.04 Å². The van der Waals surface area contributed by atoms with Crippen molar-refractivity contribution in [3.63, 3.8) is 0 Å². The van der Waals surface area contributed by atoms with Gasteiger partial charge in [-0.25, -0.2) is 4.79 Å². The van der Waals surface area contributed by atoms with E-state index in [0.29, 0.717) is 11.8 Å². The second kappa shape index (κ2) is 4.47. The lowest BCUT2D eigenvalue weighted by atomic mass is 9.51. The number of nitrogens with one attached hydrogen (secondary N) is 1. The number of carboxylic acids is 1. The number of hydrogen-bond acceptors (Lipinski definition) is 2. The Morgan fingerprint density at radius 3 is 1.95 bits per heavy atom. The Labute approximate surface area is 119 Å². The third kappa shape index (κ3) is 2.04. The number of amides is 1. The minimum Gasteiger partial charge on any atom is -0.480 e. The number of rotatable bonds is 4. The highest BCUT2D eigenvalue weighted by Crippen LogP contribution is 2.56. The SMILES string of the molecule is O=C(O)C(NC(=O)C1C2CC3CC(C2)CC1C3)C1CC1. The average molecular weight is 277 g/mol. The van der Waals surface area contributed by atoms with Crippen LogP contribution in [0.25, 0.3) is 0 Å². The zero-order valence-corrected chi connectivity index (χ0v) is 11.8. The van der Waals surface area contributed by atoms with Crippen LogP contribution in [0.3, 0.4) is 0 Å². The van der Waals surface area contributed by atoms with E-state index in [1.165, 1.54) is 32.1 Å². The number of aliphatic carboxylic acids is 1. The molecule has 0 aromatic rings. The molecule has 2 N–H and O–H groups in total. The van der Waals surface area contributed by atoms with Gasteiger partial charge in [0.2, 0.25) is 5.91 Å². The van der Waals surface area contributed by atoms with Crippen molar-refractivity contribution in [2.45, 2.75) is 51.0 Å². The molecule has 4 nitrogen and oxygen atoms in total. The van der Waals surface area contributed by atoms with Crippen molar-refractivity contribution in [2.24, 2.45) is 35.5 Å². The quantitative estimate of drug-likeness (QED) is 0.826. The van der Waals surface area contributed by atoms with Gasteiger partial charge in [-0.3, -0.25) is 4.79 Å². The molecule has 1 amide bonds. The molecule has 5 aliphatic rings. The number of hydrogen-bond donors (Lipinski definition) is 2. The fourth-order valence-corrected chi connectivity index (χ4v) is 5.41. The Morgan fingerprint density at radius 1 is 0.950 bits per heavy atom. The Morgan fingerprint density at radius 2 is 1.50 bits per heavy atom. The summed E-state index contributed by atoms with van der Waals surface area (Å²) in [4.78, 5) is 23.9. The van der Waals surface area contributed by atoms with Crippen LogP contribution in [0.4, 0.5) is 0 Å². The Balaban J connectivity index is 1.47. The molecule has 5 aliphatic carbocycles. The van der Waals surface area contributed by atoms with Gasteiger partial charge in [0.05, 0.1) is 0 Å². The van der Waals surface area contributed by atoms with E-state index >= 15 is 0 Å². The zero-order chi connectivity index (χ0) is 13.9. The van der Waals surface area contributed by atoms with Crippen LogP contribution in [-0.2, 0) is 9.59 Å². The van der Waals surface area contributed by atoms with Crippen LogP contribution in [-0.4, -0.2) is 23.0 Å². The van der Waals surface area contributed by atoms with Gasteiger partial charge in [0.25, 0.3) is 0 Å². The van der Waals surface area contributed by atoms with Crippen molar-refractivity contribution in [3.05, 3.63) is 0 Å². The van der Waals surface area contributed by atoms with E-state index in [9.17, 15) is 14.7 Å². The lowest BCUT2D eigenvalue weighted by molar-refractivity contribution is -0.147. The molecule has 1 unspecified atom stereocenters. The molecule has 0 spiro atoms. The van der Waals surface area contributed by atoms with Crippen molar-refractivity contribution in [1.29, 1.82) is 0 Å². The molecular weight excluding hydrogens is 254 g/mol. The van der Waals surface area contributed by atoms with Gasteiger partial charge in [0, 0.05) is 5.92 Å². The average Bonchev–Trinajstić information content (AvgIpc) is 3.18. The molecule has 1 atom stereocenters. The highest BCUT2D eigenvalue weighted by molar-refractivity contribution is 5.86. The molecule has 5 rings (SSSR count).